The number of methoxy groups -OCH3 is 1. The Kier molecular flexibility index (Phi) is 5.00. The third-order valence-electron chi connectivity index (χ3n) is 4.18. The summed E-state index contributed by atoms with van der Waals surface area (Å²) in [5, 5.41) is 0. The minimum atomic E-state index is -5.22. The number of hydrogen-bond acceptors (Lipinski definition) is 5. The molecule has 27 heavy (non-hydrogen) atoms. The molecule has 1 aromatic rings. The average Bonchev–Trinajstić information content (AvgIpc) is 2.49. The van der Waals surface area contributed by atoms with Crippen LogP contribution < -0.4 is 0 Å². The van der Waals surface area contributed by atoms with Crippen LogP contribution in [-0.4, -0.2) is 29.6 Å². The van der Waals surface area contributed by atoms with Gasteiger partial charge in [-0.3, -0.25) is 0 Å². The highest BCUT2D eigenvalue weighted by molar-refractivity contribution is 6.00. The summed E-state index contributed by atoms with van der Waals surface area (Å²) in [5.74, 6) is -7.05. The van der Waals surface area contributed by atoms with Gasteiger partial charge in [0.2, 0.25) is 0 Å². The SMILES string of the molecule is COC(=O)c1c(C(F)(F)F)nc2c(c1CC(C)C)C(=O)OC(C)(C)C2(F)F. The van der Waals surface area contributed by atoms with Crippen molar-refractivity contribution in [3.8, 4) is 0 Å². The van der Waals surface area contributed by atoms with Gasteiger partial charge in [-0.2, -0.15) is 22.0 Å². The highest BCUT2D eigenvalue weighted by Gasteiger charge is 2.60. The zero-order valence-electron chi connectivity index (χ0n) is 15.3. The number of ether oxygens (including phenoxy) is 2. The molecule has 1 aromatic heterocycles. The summed E-state index contributed by atoms with van der Waals surface area (Å²) in [7, 11) is 0.844. The minimum Gasteiger partial charge on any atom is -0.465 e. The molecule has 0 amide bonds. The normalized spacial score (nSPS) is 18.1. The molecular formula is C17H18F5NO4. The van der Waals surface area contributed by atoms with Crippen molar-refractivity contribution < 1.29 is 41.0 Å². The lowest BCUT2D eigenvalue weighted by molar-refractivity contribution is -0.184. The van der Waals surface area contributed by atoms with E-state index < -0.39 is 57.7 Å². The van der Waals surface area contributed by atoms with Crippen LogP contribution in [0.1, 0.15) is 65.4 Å². The lowest BCUT2D eigenvalue weighted by atomic mass is 9.84. The molecule has 0 fully saturated rings. The van der Waals surface area contributed by atoms with Gasteiger partial charge < -0.3 is 9.47 Å². The van der Waals surface area contributed by atoms with E-state index in [1.165, 1.54) is 0 Å². The number of carbonyl (C=O) groups excluding carboxylic acids is 2. The summed E-state index contributed by atoms with van der Waals surface area (Å²) in [6.45, 7) is 4.94. The van der Waals surface area contributed by atoms with Crippen LogP contribution in [0.5, 0.6) is 0 Å². The van der Waals surface area contributed by atoms with E-state index >= 15 is 0 Å². The van der Waals surface area contributed by atoms with Crippen LogP contribution >= 0.6 is 0 Å². The monoisotopic (exact) mass is 395 g/mol. The topological polar surface area (TPSA) is 65.5 Å². The summed E-state index contributed by atoms with van der Waals surface area (Å²) in [4.78, 5) is 27.5. The van der Waals surface area contributed by atoms with Crippen LogP contribution in [0.3, 0.4) is 0 Å². The lowest BCUT2D eigenvalue weighted by Gasteiger charge is -2.39. The van der Waals surface area contributed by atoms with E-state index in [2.05, 4.69) is 9.72 Å². The average molecular weight is 395 g/mol. The molecule has 0 saturated carbocycles. The smallest absolute Gasteiger partial charge is 0.434 e. The number of nitrogens with zero attached hydrogens (tertiary/aromatic N) is 1. The Morgan fingerprint density at radius 1 is 1.26 bits per heavy atom. The first kappa shape index (κ1) is 21.0. The summed E-state index contributed by atoms with van der Waals surface area (Å²) in [5.41, 5.74) is -7.94. The molecule has 1 aliphatic heterocycles. The summed E-state index contributed by atoms with van der Waals surface area (Å²) >= 11 is 0. The van der Waals surface area contributed by atoms with Gasteiger partial charge in [0.1, 0.15) is 5.69 Å². The molecule has 0 radical (unpaired) electrons. The third kappa shape index (κ3) is 3.37. The van der Waals surface area contributed by atoms with Gasteiger partial charge in [0.15, 0.2) is 11.3 Å². The van der Waals surface area contributed by atoms with Gasteiger partial charge in [0, 0.05) is 0 Å². The molecule has 0 bridgehead atoms. The zero-order chi connectivity index (χ0) is 20.9. The minimum absolute atomic E-state index is 0.260. The highest BCUT2D eigenvalue weighted by atomic mass is 19.4. The van der Waals surface area contributed by atoms with Crippen molar-refractivity contribution in [2.45, 2.75) is 51.8 Å². The fourth-order valence-corrected chi connectivity index (χ4v) is 2.85. The molecule has 0 aromatic carbocycles. The van der Waals surface area contributed by atoms with E-state index in [1.54, 1.807) is 13.8 Å². The maximum absolute atomic E-state index is 14.8. The standard InChI is InChI=1S/C17H18F5NO4/c1-7(2)6-8-9-11(16(18,19)15(3,4)27-14(9)25)23-12(17(20,21)22)10(8)13(24)26-5/h7H,6H2,1-5H3. The van der Waals surface area contributed by atoms with E-state index in [-0.39, 0.29) is 12.3 Å². The molecule has 1 aliphatic rings. The number of cyclic esters (lactones) is 1. The Morgan fingerprint density at radius 2 is 1.81 bits per heavy atom. The van der Waals surface area contributed by atoms with Crippen LogP contribution in [0, 0.1) is 5.92 Å². The van der Waals surface area contributed by atoms with Gasteiger partial charge in [-0.15, -0.1) is 0 Å². The molecule has 2 rings (SSSR count). The maximum atomic E-state index is 14.8. The largest absolute Gasteiger partial charge is 0.465 e. The Bertz CT molecular complexity index is 799. The molecule has 0 saturated heterocycles. The highest BCUT2D eigenvalue weighted by Crippen LogP contribution is 2.48. The van der Waals surface area contributed by atoms with Gasteiger partial charge in [-0.05, 0) is 31.7 Å². The Hall–Kier alpha value is -2.26. The second-order valence-corrected chi connectivity index (χ2v) is 7.10. The molecule has 0 spiro atoms. The first-order chi connectivity index (χ1) is 12.1. The second-order valence-electron chi connectivity index (χ2n) is 7.10. The number of carbonyl (C=O) groups is 2. The third-order valence-corrected chi connectivity index (χ3v) is 4.18. The molecule has 5 nitrogen and oxygen atoms in total. The molecule has 150 valence electrons. The van der Waals surface area contributed by atoms with E-state index in [0.717, 1.165) is 21.0 Å². The Morgan fingerprint density at radius 3 is 2.26 bits per heavy atom. The molecule has 0 aliphatic carbocycles. The van der Waals surface area contributed by atoms with Crippen molar-refractivity contribution in [1.82, 2.24) is 4.98 Å². The van der Waals surface area contributed by atoms with Crippen LogP contribution in [-0.2, 0) is 28.0 Å². The second kappa shape index (κ2) is 6.42. The molecular weight excluding hydrogens is 377 g/mol. The Labute approximate surface area is 151 Å². The maximum Gasteiger partial charge on any atom is 0.434 e. The van der Waals surface area contributed by atoms with Crippen LogP contribution in [0.2, 0.25) is 0 Å². The zero-order valence-corrected chi connectivity index (χ0v) is 15.3. The van der Waals surface area contributed by atoms with Crippen molar-refractivity contribution in [1.29, 1.82) is 0 Å². The summed E-state index contributed by atoms with van der Waals surface area (Å²) < 4.78 is 79.4. The van der Waals surface area contributed by atoms with Crippen LogP contribution in [0.25, 0.3) is 0 Å². The Balaban J connectivity index is 3.04. The van der Waals surface area contributed by atoms with Gasteiger partial charge >= 0.3 is 24.0 Å². The van der Waals surface area contributed by atoms with Crippen molar-refractivity contribution in [2.24, 2.45) is 5.92 Å². The van der Waals surface area contributed by atoms with Gasteiger partial charge in [-0.25, -0.2) is 14.6 Å². The number of alkyl halides is 5. The van der Waals surface area contributed by atoms with Gasteiger partial charge in [0.25, 0.3) is 0 Å². The molecule has 10 heteroatoms. The first-order valence-electron chi connectivity index (χ1n) is 7.99. The van der Waals surface area contributed by atoms with Crippen LogP contribution in [0.4, 0.5) is 22.0 Å². The molecule has 0 unspecified atom stereocenters. The lowest BCUT2D eigenvalue weighted by Crippen LogP contribution is -2.50. The van der Waals surface area contributed by atoms with Crippen molar-refractivity contribution in [3.63, 3.8) is 0 Å². The first-order valence-corrected chi connectivity index (χ1v) is 7.99. The van der Waals surface area contributed by atoms with Crippen molar-refractivity contribution in [2.75, 3.05) is 7.11 Å². The number of pyridine rings is 1. The number of fused-ring (bicyclic) bond motifs is 1. The summed E-state index contributed by atoms with van der Waals surface area (Å²) in [6.07, 6.45) is -5.48. The fraction of sp³-hybridized carbons (Fsp3) is 0.588. The predicted octanol–water partition coefficient (Wildman–Crippen LogP) is 4.13. The number of aromatic nitrogens is 1. The van der Waals surface area contributed by atoms with E-state index in [9.17, 15) is 31.5 Å². The van der Waals surface area contributed by atoms with Crippen LogP contribution in [0.15, 0.2) is 0 Å². The van der Waals surface area contributed by atoms with E-state index in [1.807, 2.05) is 0 Å². The number of esters is 2. The predicted molar refractivity (Wildman–Crippen MR) is 82.5 cm³/mol. The van der Waals surface area contributed by atoms with Crippen molar-refractivity contribution in [3.05, 3.63) is 28.1 Å². The quantitative estimate of drug-likeness (QED) is 0.569. The van der Waals surface area contributed by atoms with E-state index in [0.29, 0.717) is 0 Å². The van der Waals surface area contributed by atoms with Gasteiger partial charge in [0.05, 0.1) is 18.2 Å². The van der Waals surface area contributed by atoms with Gasteiger partial charge in [-0.1, -0.05) is 13.8 Å². The van der Waals surface area contributed by atoms with E-state index in [4.69, 9.17) is 4.74 Å². The van der Waals surface area contributed by atoms with Crippen molar-refractivity contribution >= 4 is 11.9 Å². The summed E-state index contributed by atoms with van der Waals surface area (Å²) in [6, 6.07) is 0. The number of halogens is 5. The number of rotatable bonds is 3. The molecule has 2 heterocycles. The molecule has 0 N–H and O–H groups in total. The number of hydrogen-bond donors (Lipinski definition) is 0. The molecule has 0 atom stereocenters. The fourth-order valence-electron chi connectivity index (χ4n) is 2.85.